The van der Waals surface area contributed by atoms with Crippen molar-refractivity contribution in [3.63, 3.8) is 0 Å². The zero-order chi connectivity index (χ0) is 22.2. The third kappa shape index (κ3) is 5.60. The summed E-state index contributed by atoms with van der Waals surface area (Å²) in [5, 5.41) is 10.0. The molecule has 31 heavy (non-hydrogen) atoms. The Bertz CT molecular complexity index is 1020. The van der Waals surface area contributed by atoms with Crippen molar-refractivity contribution in [3.8, 4) is 22.3 Å². The quantitative estimate of drug-likeness (QED) is 0.437. The molecular formula is C21H23N3O6S. The summed E-state index contributed by atoms with van der Waals surface area (Å²) in [4.78, 5) is 26.9. The van der Waals surface area contributed by atoms with Crippen molar-refractivity contribution in [2.24, 2.45) is 0 Å². The van der Waals surface area contributed by atoms with Gasteiger partial charge in [0.2, 0.25) is 5.89 Å². The summed E-state index contributed by atoms with van der Waals surface area (Å²) in [7, 11) is 2.75. The van der Waals surface area contributed by atoms with Gasteiger partial charge in [0.1, 0.15) is 0 Å². The van der Waals surface area contributed by atoms with Crippen LogP contribution in [0.1, 0.15) is 29.6 Å². The molecule has 0 spiro atoms. The lowest BCUT2D eigenvalue weighted by atomic mass is 10.2. The second kappa shape index (κ2) is 10.6. The number of rotatable bonds is 10. The number of methoxy groups -OCH3 is 2. The van der Waals surface area contributed by atoms with E-state index in [1.807, 2.05) is 24.4 Å². The molecule has 0 aliphatic carbocycles. The lowest BCUT2D eigenvalue weighted by Gasteiger charge is -2.20. The molecule has 3 rings (SSSR count). The standard InChI is InChI=1S/C21H23N3O6S/c1-4-9-24(12-18-22-23-20(30-18)17-6-5-10-31-17)19(25)13-29-15-8-7-14(21(26)28-3)11-16(15)27-2/h5-8,10-11H,4,9,12-13H2,1-3H3. The minimum atomic E-state index is -0.489. The summed E-state index contributed by atoms with van der Waals surface area (Å²) >= 11 is 1.50. The number of aromatic nitrogens is 2. The van der Waals surface area contributed by atoms with Gasteiger partial charge in [-0.1, -0.05) is 13.0 Å². The summed E-state index contributed by atoms with van der Waals surface area (Å²) < 4.78 is 21.3. The zero-order valence-corrected chi connectivity index (χ0v) is 18.3. The number of nitrogens with zero attached hydrogens (tertiary/aromatic N) is 3. The molecule has 164 valence electrons. The molecule has 0 saturated heterocycles. The van der Waals surface area contributed by atoms with Crippen LogP contribution in [0.15, 0.2) is 40.1 Å². The van der Waals surface area contributed by atoms with Crippen molar-refractivity contribution in [3.05, 3.63) is 47.2 Å². The Kier molecular flexibility index (Phi) is 7.60. The molecule has 0 unspecified atom stereocenters. The highest BCUT2D eigenvalue weighted by Crippen LogP contribution is 2.28. The lowest BCUT2D eigenvalue weighted by molar-refractivity contribution is -0.134. The molecule has 10 heteroatoms. The minimum absolute atomic E-state index is 0.187. The number of benzene rings is 1. The number of esters is 1. The predicted molar refractivity (Wildman–Crippen MR) is 113 cm³/mol. The van der Waals surface area contributed by atoms with Crippen LogP contribution < -0.4 is 9.47 Å². The van der Waals surface area contributed by atoms with Crippen LogP contribution in [0.5, 0.6) is 11.5 Å². The Morgan fingerprint density at radius 1 is 1.16 bits per heavy atom. The fourth-order valence-corrected chi connectivity index (χ4v) is 3.45. The van der Waals surface area contributed by atoms with E-state index in [-0.39, 0.29) is 19.1 Å². The summed E-state index contributed by atoms with van der Waals surface area (Å²) in [6, 6.07) is 8.40. The number of carbonyl (C=O) groups excluding carboxylic acids is 2. The smallest absolute Gasteiger partial charge is 0.337 e. The number of ether oxygens (including phenoxy) is 3. The van der Waals surface area contributed by atoms with Gasteiger partial charge in [0.25, 0.3) is 11.8 Å². The van der Waals surface area contributed by atoms with Gasteiger partial charge in [0, 0.05) is 6.54 Å². The van der Waals surface area contributed by atoms with E-state index in [1.165, 1.54) is 31.6 Å². The van der Waals surface area contributed by atoms with Crippen LogP contribution in [0.4, 0.5) is 0 Å². The molecule has 1 amide bonds. The third-order valence-corrected chi connectivity index (χ3v) is 5.16. The number of hydrogen-bond acceptors (Lipinski definition) is 9. The fourth-order valence-electron chi connectivity index (χ4n) is 2.80. The zero-order valence-electron chi connectivity index (χ0n) is 17.5. The van der Waals surface area contributed by atoms with Gasteiger partial charge < -0.3 is 23.5 Å². The van der Waals surface area contributed by atoms with E-state index < -0.39 is 5.97 Å². The van der Waals surface area contributed by atoms with Crippen molar-refractivity contribution in [1.29, 1.82) is 0 Å². The number of carbonyl (C=O) groups is 2. The number of amides is 1. The van der Waals surface area contributed by atoms with E-state index in [1.54, 1.807) is 17.0 Å². The van der Waals surface area contributed by atoms with Gasteiger partial charge >= 0.3 is 5.97 Å². The predicted octanol–water partition coefficient (Wildman–Crippen LogP) is 3.41. The largest absolute Gasteiger partial charge is 0.493 e. The maximum Gasteiger partial charge on any atom is 0.337 e. The molecule has 0 saturated carbocycles. The summed E-state index contributed by atoms with van der Waals surface area (Å²) in [5.74, 6) is 0.729. The molecule has 2 aromatic heterocycles. The van der Waals surface area contributed by atoms with Crippen LogP contribution in [-0.4, -0.2) is 54.3 Å². The monoisotopic (exact) mass is 445 g/mol. The van der Waals surface area contributed by atoms with Gasteiger partial charge in [-0.3, -0.25) is 4.79 Å². The SMILES string of the molecule is CCCN(Cc1nnc(-c2cccs2)o1)C(=O)COc1ccc(C(=O)OC)cc1OC. The third-order valence-electron chi connectivity index (χ3n) is 4.31. The van der Waals surface area contributed by atoms with Crippen molar-refractivity contribution >= 4 is 23.2 Å². The van der Waals surface area contributed by atoms with E-state index in [0.717, 1.165) is 11.3 Å². The van der Waals surface area contributed by atoms with Crippen LogP contribution >= 0.6 is 11.3 Å². The van der Waals surface area contributed by atoms with Gasteiger partial charge in [0.15, 0.2) is 18.1 Å². The molecule has 0 aliphatic rings. The van der Waals surface area contributed by atoms with Crippen LogP contribution in [-0.2, 0) is 16.1 Å². The van der Waals surface area contributed by atoms with Crippen molar-refractivity contribution in [2.75, 3.05) is 27.4 Å². The van der Waals surface area contributed by atoms with Crippen molar-refractivity contribution in [1.82, 2.24) is 15.1 Å². The number of thiophene rings is 1. The highest BCUT2D eigenvalue weighted by Gasteiger charge is 2.19. The fraction of sp³-hybridized carbons (Fsp3) is 0.333. The first-order valence-electron chi connectivity index (χ1n) is 9.58. The molecule has 1 aromatic carbocycles. The van der Waals surface area contributed by atoms with Gasteiger partial charge in [-0.15, -0.1) is 21.5 Å². The van der Waals surface area contributed by atoms with Gasteiger partial charge in [-0.25, -0.2) is 4.79 Å². The summed E-state index contributed by atoms with van der Waals surface area (Å²) in [6.45, 7) is 2.46. The van der Waals surface area contributed by atoms with Gasteiger partial charge in [-0.05, 0) is 36.1 Å². The van der Waals surface area contributed by atoms with Crippen LogP contribution in [0, 0.1) is 0 Å². The Morgan fingerprint density at radius 2 is 2.00 bits per heavy atom. The van der Waals surface area contributed by atoms with Crippen LogP contribution in [0.3, 0.4) is 0 Å². The Balaban J connectivity index is 1.65. The molecule has 0 N–H and O–H groups in total. The topological polar surface area (TPSA) is 104 Å². The summed E-state index contributed by atoms with van der Waals surface area (Å²) in [5.41, 5.74) is 0.323. The average molecular weight is 445 g/mol. The maximum atomic E-state index is 12.8. The normalized spacial score (nSPS) is 10.5. The lowest BCUT2D eigenvalue weighted by Crippen LogP contribution is -2.35. The maximum absolute atomic E-state index is 12.8. The Hall–Kier alpha value is -3.40. The van der Waals surface area contributed by atoms with Crippen LogP contribution in [0.2, 0.25) is 0 Å². The Labute approximate surface area is 183 Å². The van der Waals surface area contributed by atoms with Crippen molar-refractivity contribution < 1.29 is 28.2 Å². The Morgan fingerprint density at radius 3 is 2.68 bits per heavy atom. The molecule has 3 aromatic rings. The molecule has 9 nitrogen and oxygen atoms in total. The molecular weight excluding hydrogens is 422 g/mol. The average Bonchev–Trinajstić information content (AvgIpc) is 3.48. The first-order chi connectivity index (χ1) is 15.0. The number of hydrogen-bond donors (Lipinski definition) is 0. The highest BCUT2D eigenvalue weighted by molar-refractivity contribution is 7.13. The van der Waals surface area contributed by atoms with E-state index in [0.29, 0.717) is 35.4 Å². The molecule has 2 heterocycles. The molecule has 0 aliphatic heterocycles. The van der Waals surface area contributed by atoms with E-state index >= 15 is 0 Å². The second-order valence-corrected chi connectivity index (χ2v) is 7.39. The van der Waals surface area contributed by atoms with Crippen LogP contribution in [0.25, 0.3) is 10.8 Å². The van der Waals surface area contributed by atoms with E-state index in [2.05, 4.69) is 10.2 Å². The second-order valence-electron chi connectivity index (χ2n) is 6.44. The first-order valence-corrected chi connectivity index (χ1v) is 10.5. The molecule has 0 atom stereocenters. The van der Waals surface area contributed by atoms with Crippen molar-refractivity contribution in [2.45, 2.75) is 19.9 Å². The molecule has 0 fully saturated rings. The minimum Gasteiger partial charge on any atom is -0.493 e. The first kappa shape index (κ1) is 22.3. The molecule has 0 radical (unpaired) electrons. The van der Waals surface area contributed by atoms with Gasteiger partial charge in [-0.2, -0.15) is 0 Å². The van der Waals surface area contributed by atoms with E-state index in [4.69, 9.17) is 18.6 Å². The van der Waals surface area contributed by atoms with E-state index in [9.17, 15) is 9.59 Å². The summed E-state index contributed by atoms with van der Waals surface area (Å²) in [6.07, 6.45) is 0.759. The highest BCUT2D eigenvalue weighted by atomic mass is 32.1. The van der Waals surface area contributed by atoms with Gasteiger partial charge in [0.05, 0.1) is 31.2 Å². The molecule has 0 bridgehead atoms.